The van der Waals surface area contributed by atoms with E-state index in [1.807, 2.05) is 31.3 Å². The van der Waals surface area contributed by atoms with Crippen molar-refractivity contribution in [2.24, 2.45) is 12.5 Å². The third kappa shape index (κ3) is 1.54. The molecular formula is C19H24N2O2. The third-order valence-electron chi connectivity index (χ3n) is 6.70. The van der Waals surface area contributed by atoms with Crippen molar-refractivity contribution in [3.05, 3.63) is 45.9 Å². The molecule has 1 fully saturated rings. The number of methoxy groups -OCH3 is 1. The summed E-state index contributed by atoms with van der Waals surface area (Å²) in [7, 11) is 3.67. The number of aromatic nitrogens is 2. The fraction of sp³-hybridized carbons (Fsp3) is 0.526. The maximum absolute atomic E-state index is 13.2. The summed E-state index contributed by atoms with van der Waals surface area (Å²) < 4.78 is 9.20. The van der Waals surface area contributed by atoms with Gasteiger partial charge in [0.2, 0.25) is 0 Å². The summed E-state index contributed by atoms with van der Waals surface area (Å²) in [5, 5.41) is 0. The minimum Gasteiger partial charge on any atom is -0.497 e. The zero-order chi connectivity index (χ0) is 16.6. The van der Waals surface area contributed by atoms with Crippen LogP contribution in [0.15, 0.2) is 29.1 Å². The van der Waals surface area contributed by atoms with Gasteiger partial charge in [0, 0.05) is 24.1 Å². The molecule has 0 N–H and O–H groups in total. The minimum absolute atomic E-state index is 0.0744. The number of hydrogen-bond donors (Lipinski definition) is 0. The highest BCUT2D eigenvalue weighted by atomic mass is 16.5. The predicted molar refractivity (Wildman–Crippen MR) is 90.7 cm³/mol. The molecule has 0 unspecified atom stereocenters. The standard InChI is InChI=1S/C19H24N2O2/c1-18(2)14-9-10-19(18,3)16-15(14)17(22)21(20(16)4)12-7-6-8-13(11-12)23-5/h6-8,11,14H,9-10H2,1-5H3/t14-,19+/m1/s1. The quantitative estimate of drug-likeness (QED) is 0.852. The van der Waals surface area contributed by atoms with E-state index in [-0.39, 0.29) is 16.4 Å². The number of ether oxygens (including phenoxy) is 1. The van der Waals surface area contributed by atoms with E-state index in [9.17, 15) is 4.79 Å². The van der Waals surface area contributed by atoms with Crippen molar-refractivity contribution >= 4 is 0 Å². The smallest absolute Gasteiger partial charge is 0.275 e. The molecular weight excluding hydrogens is 288 g/mol. The highest BCUT2D eigenvalue weighted by Crippen LogP contribution is 2.66. The Bertz CT molecular complexity index is 859. The molecule has 0 saturated heterocycles. The van der Waals surface area contributed by atoms with E-state index in [0.29, 0.717) is 5.92 Å². The van der Waals surface area contributed by atoms with Crippen molar-refractivity contribution in [1.82, 2.24) is 9.36 Å². The topological polar surface area (TPSA) is 36.2 Å². The number of nitrogens with zero attached hydrogens (tertiary/aromatic N) is 2. The molecule has 2 atom stereocenters. The molecule has 4 heteroatoms. The zero-order valence-electron chi connectivity index (χ0n) is 14.5. The number of benzene rings is 1. The monoisotopic (exact) mass is 312 g/mol. The normalized spacial score (nSPS) is 27.3. The molecule has 1 heterocycles. The van der Waals surface area contributed by atoms with Gasteiger partial charge in [0.15, 0.2) is 0 Å². The van der Waals surface area contributed by atoms with E-state index in [1.54, 1.807) is 11.8 Å². The molecule has 1 aromatic heterocycles. The average molecular weight is 312 g/mol. The predicted octanol–water partition coefficient (Wildman–Crippen LogP) is 3.36. The maximum Gasteiger partial charge on any atom is 0.275 e. The lowest BCUT2D eigenvalue weighted by Gasteiger charge is -2.36. The van der Waals surface area contributed by atoms with Gasteiger partial charge in [-0.3, -0.25) is 9.48 Å². The molecule has 4 rings (SSSR count). The van der Waals surface area contributed by atoms with Crippen LogP contribution < -0.4 is 10.3 Å². The average Bonchev–Trinajstić information content (AvgIpc) is 2.99. The lowest BCUT2D eigenvalue weighted by Crippen LogP contribution is -2.35. The highest BCUT2D eigenvalue weighted by molar-refractivity contribution is 5.48. The van der Waals surface area contributed by atoms with Crippen LogP contribution in [0.4, 0.5) is 0 Å². The van der Waals surface area contributed by atoms with Crippen LogP contribution >= 0.6 is 0 Å². The molecule has 0 aliphatic heterocycles. The van der Waals surface area contributed by atoms with Gasteiger partial charge in [-0.15, -0.1) is 0 Å². The van der Waals surface area contributed by atoms with Crippen LogP contribution in [-0.2, 0) is 12.5 Å². The Balaban J connectivity index is 1.99. The Hall–Kier alpha value is -1.97. The third-order valence-corrected chi connectivity index (χ3v) is 6.70. The summed E-state index contributed by atoms with van der Waals surface area (Å²) in [5.41, 5.74) is 3.50. The molecule has 0 spiro atoms. The number of fused-ring (bicyclic) bond motifs is 5. The Morgan fingerprint density at radius 1 is 1.26 bits per heavy atom. The second-order valence-corrected chi connectivity index (χ2v) is 7.75. The van der Waals surface area contributed by atoms with Crippen molar-refractivity contribution in [2.75, 3.05) is 7.11 Å². The van der Waals surface area contributed by atoms with Gasteiger partial charge >= 0.3 is 0 Å². The van der Waals surface area contributed by atoms with Gasteiger partial charge in [0.05, 0.1) is 18.5 Å². The van der Waals surface area contributed by atoms with Crippen LogP contribution in [0.3, 0.4) is 0 Å². The first kappa shape index (κ1) is 14.6. The van der Waals surface area contributed by atoms with Gasteiger partial charge in [-0.1, -0.05) is 26.8 Å². The molecule has 4 nitrogen and oxygen atoms in total. The van der Waals surface area contributed by atoms with E-state index in [4.69, 9.17) is 4.74 Å². The van der Waals surface area contributed by atoms with Crippen molar-refractivity contribution in [1.29, 1.82) is 0 Å². The summed E-state index contributed by atoms with van der Waals surface area (Å²) >= 11 is 0. The van der Waals surface area contributed by atoms with Crippen LogP contribution in [0.1, 0.15) is 50.8 Å². The van der Waals surface area contributed by atoms with Gasteiger partial charge in [-0.05, 0) is 36.3 Å². The summed E-state index contributed by atoms with van der Waals surface area (Å²) in [5.74, 6) is 1.14. The first-order valence-electron chi connectivity index (χ1n) is 8.30. The zero-order valence-corrected chi connectivity index (χ0v) is 14.5. The Morgan fingerprint density at radius 3 is 2.65 bits per heavy atom. The van der Waals surface area contributed by atoms with Crippen LogP contribution in [0.25, 0.3) is 5.69 Å². The molecule has 0 amide bonds. The molecule has 2 aliphatic carbocycles. The minimum atomic E-state index is 0.0744. The van der Waals surface area contributed by atoms with Crippen molar-refractivity contribution in [3.63, 3.8) is 0 Å². The Kier molecular flexibility index (Phi) is 2.74. The second-order valence-electron chi connectivity index (χ2n) is 7.75. The fourth-order valence-electron chi connectivity index (χ4n) is 5.06. The highest BCUT2D eigenvalue weighted by Gasteiger charge is 2.62. The summed E-state index contributed by atoms with van der Waals surface area (Å²) in [6.07, 6.45) is 2.28. The lowest BCUT2D eigenvalue weighted by molar-refractivity contribution is 0.218. The Labute approximate surface area is 136 Å². The summed E-state index contributed by atoms with van der Waals surface area (Å²) in [4.78, 5) is 13.2. The fourth-order valence-corrected chi connectivity index (χ4v) is 5.06. The van der Waals surface area contributed by atoms with Gasteiger partial charge in [0.1, 0.15) is 5.75 Å². The molecule has 1 aromatic carbocycles. The molecule has 2 bridgehead atoms. The lowest BCUT2D eigenvalue weighted by atomic mass is 9.70. The second kappa shape index (κ2) is 4.31. The Morgan fingerprint density at radius 2 is 2.00 bits per heavy atom. The SMILES string of the molecule is COc1cccc(-n2c(=O)c3c(n2C)[C@]2(C)CC[C@H]3C2(C)C)c1. The first-order valence-corrected chi connectivity index (χ1v) is 8.30. The van der Waals surface area contributed by atoms with E-state index in [1.165, 1.54) is 5.69 Å². The first-order chi connectivity index (χ1) is 10.8. The van der Waals surface area contributed by atoms with E-state index >= 15 is 0 Å². The van der Waals surface area contributed by atoms with Crippen molar-refractivity contribution in [3.8, 4) is 11.4 Å². The molecule has 122 valence electrons. The molecule has 2 aromatic rings. The van der Waals surface area contributed by atoms with Crippen molar-refractivity contribution < 1.29 is 4.74 Å². The molecule has 1 saturated carbocycles. The van der Waals surface area contributed by atoms with E-state index < -0.39 is 0 Å². The number of rotatable bonds is 2. The van der Waals surface area contributed by atoms with Crippen LogP contribution in [-0.4, -0.2) is 16.5 Å². The van der Waals surface area contributed by atoms with E-state index in [0.717, 1.165) is 29.8 Å². The van der Waals surface area contributed by atoms with E-state index in [2.05, 4.69) is 25.5 Å². The van der Waals surface area contributed by atoms with Crippen LogP contribution in [0.5, 0.6) is 5.75 Å². The molecule has 23 heavy (non-hydrogen) atoms. The van der Waals surface area contributed by atoms with Crippen LogP contribution in [0, 0.1) is 5.41 Å². The van der Waals surface area contributed by atoms with Crippen LogP contribution in [0.2, 0.25) is 0 Å². The largest absolute Gasteiger partial charge is 0.497 e. The van der Waals surface area contributed by atoms with Gasteiger partial charge in [0.25, 0.3) is 5.56 Å². The molecule has 2 aliphatic rings. The van der Waals surface area contributed by atoms with Gasteiger partial charge < -0.3 is 4.74 Å². The maximum atomic E-state index is 13.2. The summed E-state index contributed by atoms with van der Waals surface area (Å²) in [6, 6.07) is 7.72. The summed E-state index contributed by atoms with van der Waals surface area (Å²) in [6.45, 7) is 6.97. The van der Waals surface area contributed by atoms with Crippen molar-refractivity contribution in [2.45, 2.75) is 44.9 Å². The molecule has 0 radical (unpaired) electrons. The van der Waals surface area contributed by atoms with Gasteiger partial charge in [-0.25, -0.2) is 4.68 Å². The van der Waals surface area contributed by atoms with Gasteiger partial charge in [-0.2, -0.15) is 0 Å². The number of hydrogen-bond acceptors (Lipinski definition) is 2.